The van der Waals surface area contributed by atoms with Gasteiger partial charge in [0.2, 0.25) is 5.96 Å². The zero-order valence-electron chi connectivity index (χ0n) is 17.2. The SMILES string of the molecule is Cc1cccc(C)c1N1CC(C(=O)OCCO)N(c2c(C)cccc2C)C1=N.Cl. The zero-order valence-corrected chi connectivity index (χ0v) is 18.0. The highest BCUT2D eigenvalue weighted by molar-refractivity contribution is 6.13. The largest absolute Gasteiger partial charge is 0.462 e. The minimum Gasteiger partial charge on any atom is -0.462 e. The van der Waals surface area contributed by atoms with Crippen molar-refractivity contribution >= 4 is 35.7 Å². The summed E-state index contributed by atoms with van der Waals surface area (Å²) in [5, 5.41) is 18.0. The summed E-state index contributed by atoms with van der Waals surface area (Å²) in [7, 11) is 0. The third kappa shape index (κ3) is 4.23. The smallest absolute Gasteiger partial charge is 0.331 e. The number of para-hydroxylation sites is 2. The molecule has 1 saturated heterocycles. The van der Waals surface area contributed by atoms with Crippen molar-refractivity contribution in [3.63, 3.8) is 0 Å². The van der Waals surface area contributed by atoms with Crippen LogP contribution in [0.4, 0.5) is 11.4 Å². The molecule has 156 valence electrons. The number of carbonyl (C=O) groups excluding carboxylic acids is 1. The van der Waals surface area contributed by atoms with E-state index in [4.69, 9.17) is 15.3 Å². The van der Waals surface area contributed by atoms with Crippen LogP contribution in [0.2, 0.25) is 0 Å². The molecule has 0 bridgehead atoms. The molecule has 2 N–H and O–H groups in total. The van der Waals surface area contributed by atoms with E-state index in [1.165, 1.54) is 0 Å². The molecule has 1 atom stereocenters. The average molecular weight is 418 g/mol. The van der Waals surface area contributed by atoms with Crippen LogP contribution in [0.15, 0.2) is 36.4 Å². The minimum absolute atomic E-state index is 0. The van der Waals surface area contributed by atoms with Gasteiger partial charge in [0.05, 0.1) is 18.8 Å². The summed E-state index contributed by atoms with van der Waals surface area (Å²) in [6.45, 7) is 8.03. The summed E-state index contributed by atoms with van der Waals surface area (Å²) < 4.78 is 5.25. The highest BCUT2D eigenvalue weighted by Gasteiger charge is 2.43. The lowest BCUT2D eigenvalue weighted by Crippen LogP contribution is -2.42. The summed E-state index contributed by atoms with van der Waals surface area (Å²) in [6, 6.07) is 11.3. The molecular weight excluding hydrogens is 390 g/mol. The average Bonchev–Trinajstić information content (AvgIpc) is 2.97. The standard InChI is InChI=1S/C22H27N3O3.ClH/c1-14-7-5-8-15(2)19(14)24-13-18(21(27)28-12-11-26)25(22(24)23)20-16(3)9-6-10-17(20)4;/h5-10,18,23,26H,11-13H2,1-4H3;1H. The monoisotopic (exact) mass is 417 g/mol. The predicted molar refractivity (Wildman–Crippen MR) is 118 cm³/mol. The minimum atomic E-state index is -0.655. The molecule has 0 radical (unpaired) electrons. The van der Waals surface area contributed by atoms with Gasteiger partial charge in [0, 0.05) is 5.69 Å². The van der Waals surface area contributed by atoms with Gasteiger partial charge >= 0.3 is 5.97 Å². The predicted octanol–water partition coefficient (Wildman–Crippen LogP) is 3.51. The van der Waals surface area contributed by atoms with Crippen molar-refractivity contribution < 1.29 is 14.6 Å². The zero-order chi connectivity index (χ0) is 20.4. The van der Waals surface area contributed by atoms with Gasteiger partial charge in [-0.15, -0.1) is 12.4 Å². The summed E-state index contributed by atoms with van der Waals surface area (Å²) in [6.07, 6.45) is 0. The first-order valence-corrected chi connectivity index (χ1v) is 9.42. The number of benzene rings is 2. The number of esters is 1. The highest BCUT2D eigenvalue weighted by Crippen LogP contribution is 2.35. The van der Waals surface area contributed by atoms with Crippen LogP contribution in [0.25, 0.3) is 0 Å². The van der Waals surface area contributed by atoms with Crippen molar-refractivity contribution in [1.82, 2.24) is 0 Å². The number of ether oxygens (including phenoxy) is 1. The van der Waals surface area contributed by atoms with Crippen molar-refractivity contribution in [2.75, 3.05) is 29.6 Å². The molecule has 7 heteroatoms. The molecule has 3 rings (SSSR count). The number of aliphatic hydroxyl groups is 1. The fourth-order valence-electron chi connectivity index (χ4n) is 3.92. The number of aliphatic hydroxyl groups excluding tert-OH is 1. The number of carbonyl (C=O) groups is 1. The molecule has 0 aromatic heterocycles. The van der Waals surface area contributed by atoms with Gasteiger partial charge in [-0.25, -0.2) is 4.79 Å². The normalized spacial score (nSPS) is 16.0. The van der Waals surface area contributed by atoms with E-state index in [2.05, 4.69) is 0 Å². The molecule has 0 aliphatic carbocycles. The van der Waals surface area contributed by atoms with Crippen LogP contribution in [-0.2, 0) is 9.53 Å². The number of nitrogens with one attached hydrogen (secondary N) is 1. The Morgan fingerprint density at radius 1 is 1.03 bits per heavy atom. The molecule has 1 fully saturated rings. The van der Waals surface area contributed by atoms with E-state index in [-0.39, 0.29) is 31.6 Å². The Bertz CT molecular complexity index is 876. The van der Waals surface area contributed by atoms with E-state index in [0.717, 1.165) is 33.6 Å². The maximum atomic E-state index is 12.8. The molecule has 1 aliphatic rings. The van der Waals surface area contributed by atoms with Crippen LogP contribution in [-0.4, -0.2) is 42.8 Å². The Morgan fingerprint density at radius 2 is 1.52 bits per heavy atom. The Labute approximate surface area is 178 Å². The van der Waals surface area contributed by atoms with Gasteiger partial charge in [0.25, 0.3) is 0 Å². The van der Waals surface area contributed by atoms with E-state index in [1.54, 1.807) is 4.90 Å². The fourth-order valence-corrected chi connectivity index (χ4v) is 3.92. The molecular formula is C22H28ClN3O3. The van der Waals surface area contributed by atoms with Gasteiger partial charge in [0.15, 0.2) is 6.04 Å². The van der Waals surface area contributed by atoms with Crippen molar-refractivity contribution in [2.45, 2.75) is 33.7 Å². The van der Waals surface area contributed by atoms with Gasteiger partial charge in [-0.2, -0.15) is 0 Å². The molecule has 0 spiro atoms. The molecule has 2 aromatic rings. The highest BCUT2D eigenvalue weighted by atomic mass is 35.5. The first-order chi connectivity index (χ1) is 13.4. The topological polar surface area (TPSA) is 76.9 Å². The number of hydrogen-bond donors (Lipinski definition) is 2. The van der Waals surface area contributed by atoms with E-state index < -0.39 is 12.0 Å². The van der Waals surface area contributed by atoms with Gasteiger partial charge in [0.1, 0.15) is 6.61 Å². The first-order valence-electron chi connectivity index (χ1n) is 9.42. The molecule has 1 aliphatic heterocycles. The summed E-state index contributed by atoms with van der Waals surface area (Å²) in [5.41, 5.74) is 5.89. The Balaban J connectivity index is 0.00000300. The molecule has 2 aromatic carbocycles. The molecule has 1 heterocycles. The first kappa shape index (κ1) is 22.7. The number of guanidine groups is 1. The van der Waals surface area contributed by atoms with Gasteiger partial charge in [-0.3, -0.25) is 10.3 Å². The van der Waals surface area contributed by atoms with Crippen LogP contribution in [0, 0.1) is 33.1 Å². The van der Waals surface area contributed by atoms with Gasteiger partial charge in [-0.1, -0.05) is 36.4 Å². The number of aryl methyl sites for hydroxylation is 4. The lowest BCUT2D eigenvalue weighted by Gasteiger charge is -2.28. The van der Waals surface area contributed by atoms with Crippen LogP contribution in [0.1, 0.15) is 22.3 Å². The van der Waals surface area contributed by atoms with Crippen LogP contribution in [0.5, 0.6) is 0 Å². The van der Waals surface area contributed by atoms with Crippen LogP contribution < -0.4 is 9.80 Å². The number of rotatable bonds is 5. The van der Waals surface area contributed by atoms with Gasteiger partial charge in [-0.05, 0) is 49.9 Å². The third-order valence-corrected chi connectivity index (χ3v) is 5.15. The maximum absolute atomic E-state index is 12.8. The van der Waals surface area contributed by atoms with E-state index >= 15 is 0 Å². The second-order valence-electron chi connectivity index (χ2n) is 7.19. The van der Waals surface area contributed by atoms with Crippen LogP contribution in [0.3, 0.4) is 0 Å². The molecule has 29 heavy (non-hydrogen) atoms. The fraction of sp³-hybridized carbons (Fsp3) is 0.364. The molecule has 0 saturated carbocycles. The second kappa shape index (κ2) is 9.29. The Hall–Kier alpha value is -2.57. The number of hydrogen-bond acceptors (Lipinski definition) is 4. The van der Waals surface area contributed by atoms with E-state index in [9.17, 15) is 4.79 Å². The Kier molecular flexibility index (Phi) is 7.27. The summed E-state index contributed by atoms with van der Waals surface area (Å²) in [4.78, 5) is 16.4. The Morgan fingerprint density at radius 3 is 2.00 bits per heavy atom. The van der Waals surface area contributed by atoms with Crippen molar-refractivity contribution in [3.05, 3.63) is 58.7 Å². The molecule has 0 amide bonds. The number of anilines is 2. The maximum Gasteiger partial charge on any atom is 0.331 e. The summed E-state index contributed by atoms with van der Waals surface area (Å²) in [5.74, 6) is -0.184. The summed E-state index contributed by atoms with van der Waals surface area (Å²) >= 11 is 0. The van der Waals surface area contributed by atoms with E-state index in [1.807, 2.05) is 69.0 Å². The molecule has 1 unspecified atom stereocenters. The lowest BCUT2D eigenvalue weighted by atomic mass is 10.1. The van der Waals surface area contributed by atoms with E-state index in [0.29, 0.717) is 6.54 Å². The number of halogens is 1. The lowest BCUT2D eigenvalue weighted by molar-refractivity contribution is -0.145. The molecule has 6 nitrogen and oxygen atoms in total. The van der Waals surface area contributed by atoms with Crippen molar-refractivity contribution in [1.29, 1.82) is 5.41 Å². The number of nitrogens with zero attached hydrogens (tertiary/aromatic N) is 2. The third-order valence-electron chi connectivity index (χ3n) is 5.15. The van der Waals surface area contributed by atoms with Crippen molar-refractivity contribution in [2.24, 2.45) is 0 Å². The second-order valence-corrected chi connectivity index (χ2v) is 7.19. The quantitative estimate of drug-likeness (QED) is 0.728. The van der Waals surface area contributed by atoms with Crippen molar-refractivity contribution in [3.8, 4) is 0 Å². The van der Waals surface area contributed by atoms with Gasteiger partial charge < -0.3 is 14.7 Å². The van der Waals surface area contributed by atoms with Crippen LogP contribution >= 0.6 is 12.4 Å².